The topological polar surface area (TPSA) is 77.4 Å². The van der Waals surface area contributed by atoms with Crippen LogP contribution in [0.5, 0.6) is 5.75 Å². The maximum Gasteiger partial charge on any atom is 0.125 e. The molecule has 0 atom stereocenters. The van der Waals surface area contributed by atoms with Gasteiger partial charge in [0.1, 0.15) is 15.9 Å². The van der Waals surface area contributed by atoms with Gasteiger partial charge in [0.05, 0.1) is 4.90 Å². The number of phenols is 1. The van der Waals surface area contributed by atoms with Gasteiger partial charge in [-0.2, -0.15) is 0 Å². The molecule has 0 amide bonds. The van der Waals surface area contributed by atoms with Gasteiger partial charge in [0, 0.05) is 11.1 Å². The summed E-state index contributed by atoms with van der Waals surface area (Å²) in [6, 6.07) is 25.0. The zero-order chi connectivity index (χ0) is 22.2. The molecule has 156 valence electrons. The molecule has 4 rings (SSSR count). The fraction of sp³-hybridized carbons (Fsp3) is 0.0769. The van der Waals surface area contributed by atoms with Crippen LogP contribution in [0.15, 0.2) is 89.8 Å². The van der Waals surface area contributed by atoms with Gasteiger partial charge in [-0.25, -0.2) is 8.42 Å². The van der Waals surface area contributed by atoms with E-state index in [1.165, 1.54) is 0 Å². The number of benzene rings is 4. The van der Waals surface area contributed by atoms with Crippen LogP contribution in [-0.2, 0) is 10.1 Å². The van der Waals surface area contributed by atoms with Crippen LogP contribution in [0.1, 0.15) is 11.1 Å². The van der Waals surface area contributed by atoms with Crippen molar-refractivity contribution in [2.75, 3.05) is 0 Å². The number of phenolic OH excluding ortho intramolecular Hbond substituents is 1. The highest BCUT2D eigenvalue weighted by Gasteiger charge is 2.25. The van der Waals surface area contributed by atoms with Crippen molar-refractivity contribution in [2.45, 2.75) is 18.7 Å². The highest BCUT2D eigenvalue weighted by molar-refractivity contribution is 7.86. The minimum atomic E-state index is -4.80. The minimum absolute atomic E-state index is 0.143. The molecule has 0 saturated heterocycles. The van der Waals surface area contributed by atoms with Crippen LogP contribution >= 0.6 is 0 Å². The number of rotatable bonds is 4. The summed E-state index contributed by atoms with van der Waals surface area (Å²) in [5.74, 6) is 0.143. The maximum absolute atomic E-state index is 12.6. The molecule has 1 N–H and O–H groups in total. The summed E-state index contributed by atoms with van der Waals surface area (Å²) in [6.45, 7) is 3.67. The summed E-state index contributed by atoms with van der Waals surface area (Å²) in [5, 5.41) is 9.74. The molecule has 5 heteroatoms. The lowest BCUT2D eigenvalue weighted by molar-refractivity contribution is 0.463. The Kier molecular flexibility index (Phi) is 5.39. The molecule has 0 aromatic heterocycles. The Hall–Kier alpha value is -3.41. The van der Waals surface area contributed by atoms with Gasteiger partial charge in [0.15, 0.2) is 0 Å². The van der Waals surface area contributed by atoms with Crippen molar-refractivity contribution in [3.05, 3.63) is 96.1 Å². The lowest BCUT2D eigenvalue weighted by Crippen LogP contribution is -2.09. The molecular formula is C26H21O4S-. The predicted molar refractivity (Wildman–Crippen MR) is 122 cm³/mol. The average Bonchev–Trinajstić information content (AvgIpc) is 2.75. The van der Waals surface area contributed by atoms with Crippen LogP contribution in [0.2, 0.25) is 0 Å². The van der Waals surface area contributed by atoms with E-state index in [1.807, 2.05) is 74.5 Å². The van der Waals surface area contributed by atoms with Crippen LogP contribution < -0.4 is 0 Å². The van der Waals surface area contributed by atoms with E-state index in [4.69, 9.17) is 0 Å². The standard InChI is InChI=1S/C26H22O4S/c1-17-23(21-13-15-22(27)16-14-21)18(2)25(20-11-7-4-8-12-20)26(31(28,29)30)24(17)19-9-5-3-6-10-19/h3-16,27H,1-2H3,(H,28,29,30)/p-1. The monoisotopic (exact) mass is 429 g/mol. The molecule has 0 bridgehead atoms. The summed E-state index contributed by atoms with van der Waals surface area (Å²) in [4.78, 5) is -0.206. The summed E-state index contributed by atoms with van der Waals surface area (Å²) >= 11 is 0. The molecule has 0 aliphatic rings. The van der Waals surface area contributed by atoms with Crippen molar-refractivity contribution in [1.29, 1.82) is 0 Å². The van der Waals surface area contributed by atoms with E-state index < -0.39 is 10.1 Å². The second-order valence-corrected chi connectivity index (χ2v) is 8.75. The van der Waals surface area contributed by atoms with Crippen molar-refractivity contribution >= 4 is 10.1 Å². The van der Waals surface area contributed by atoms with Gasteiger partial charge in [0.2, 0.25) is 0 Å². The zero-order valence-electron chi connectivity index (χ0n) is 17.2. The Balaban J connectivity index is 2.23. The van der Waals surface area contributed by atoms with E-state index >= 15 is 0 Å². The third-order valence-electron chi connectivity index (χ3n) is 5.49. The van der Waals surface area contributed by atoms with Crippen molar-refractivity contribution in [3.8, 4) is 39.1 Å². The normalized spacial score (nSPS) is 11.5. The molecule has 4 nitrogen and oxygen atoms in total. The molecule has 0 fully saturated rings. The largest absolute Gasteiger partial charge is 0.744 e. The molecule has 0 spiro atoms. The van der Waals surface area contributed by atoms with Gasteiger partial charge < -0.3 is 9.66 Å². The van der Waals surface area contributed by atoms with E-state index in [0.29, 0.717) is 33.4 Å². The Bertz CT molecular complexity index is 1280. The minimum Gasteiger partial charge on any atom is -0.744 e. The molecule has 0 unspecified atom stereocenters. The average molecular weight is 430 g/mol. The quantitative estimate of drug-likeness (QED) is 0.409. The molecular weight excluding hydrogens is 408 g/mol. The first-order valence-corrected chi connectivity index (χ1v) is 11.2. The number of aromatic hydroxyl groups is 1. The summed E-state index contributed by atoms with van der Waals surface area (Å²) in [7, 11) is -4.80. The van der Waals surface area contributed by atoms with Crippen molar-refractivity contribution in [3.63, 3.8) is 0 Å². The van der Waals surface area contributed by atoms with Crippen LogP contribution in [-0.4, -0.2) is 18.1 Å². The number of hydrogen-bond donors (Lipinski definition) is 1. The lowest BCUT2D eigenvalue weighted by atomic mass is 9.84. The van der Waals surface area contributed by atoms with E-state index in [0.717, 1.165) is 11.1 Å². The van der Waals surface area contributed by atoms with Crippen molar-refractivity contribution < 1.29 is 18.1 Å². The zero-order valence-corrected chi connectivity index (χ0v) is 18.0. The SMILES string of the molecule is Cc1c(-c2ccc(O)cc2)c(C)c(-c2ccccc2)c(S(=O)(=O)[O-])c1-c1ccccc1. The maximum atomic E-state index is 12.6. The fourth-order valence-corrected chi connectivity index (χ4v) is 5.25. The Morgan fingerprint density at radius 2 is 1.00 bits per heavy atom. The Morgan fingerprint density at radius 3 is 1.39 bits per heavy atom. The first-order chi connectivity index (χ1) is 14.8. The third-order valence-corrected chi connectivity index (χ3v) is 6.39. The van der Waals surface area contributed by atoms with Crippen molar-refractivity contribution in [2.24, 2.45) is 0 Å². The first kappa shape index (κ1) is 20.8. The molecule has 0 saturated carbocycles. The van der Waals surface area contributed by atoms with E-state index in [9.17, 15) is 18.1 Å². The van der Waals surface area contributed by atoms with Gasteiger partial charge in [-0.3, -0.25) is 0 Å². The second-order valence-electron chi connectivity index (χ2n) is 7.44. The molecule has 0 radical (unpaired) electrons. The summed E-state index contributed by atoms with van der Waals surface area (Å²) < 4.78 is 37.9. The Morgan fingerprint density at radius 1 is 0.613 bits per heavy atom. The number of hydrogen-bond acceptors (Lipinski definition) is 4. The van der Waals surface area contributed by atoms with Crippen LogP contribution in [0.4, 0.5) is 0 Å². The van der Waals surface area contributed by atoms with Crippen LogP contribution in [0, 0.1) is 13.8 Å². The molecule has 0 aliphatic carbocycles. The van der Waals surface area contributed by atoms with E-state index in [1.54, 1.807) is 24.3 Å². The second kappa shape index (κ2) is 8.02. The molecule has 31 heavy (non-hydrogen) atoms. The first-order valence-electron chi connectivity index (χ1n) is 9.82. The molecule has 4 aromatic carbocycles. The highest BCUT2D eigenvalue weighted by atomic mass is 32.2. The fourth-order valence-electron chi connectivity index (χ4n) is 4.21. The molecule has 0 heterocycles. The van der Waals surface area contributed by atoms with E-state index in [2.05, 4.69) is 0 Å². The molecule has 0 aliphatic heterocycles. The summed E-state index contributed by atoms with van der Waals surface area (Å²) in [6.07, 6.45) is 0. The van der Waals surface area contributed by atoms with Gasteiger partial charge in [-0.1, -0.05) is 72.8 Å². The highest BCUT2D eigenvalue weighted by Crippen LogP contribution is 2.46. The van der Waals surface area contributed by atoms with Gasteiger partial charge in [-0.05, 0) is 59.4 Å². The van der Waals surface area contributed by atoms with Gasteiger partial charge in [-0.15, -0.1) is 0 Å². The van der Waals surface area contributed by atoms with Crippen LogP contribution in [0.3, 0.4) is 0 Å². The molecule has 4 aromatic rings. The third kappa shape index (κ3) is 3.85. The van der Waals surface area contributed by atoms with Crippen molar-refractivity contribution in [1.82, 2.24) is 0 Å². The summed E-state index contributed by atoms with van der Waals surface area (Å²) in [5.41, 5.74) is 5.19. The van der Waals surface area contributed by atoms with Crippen LogP contribution in [0.25, 0.3) is 33.4 Å². The Labute approximate surface area is 182 Å². The van der Waals surface area contributed by atoms with Gasteiger partial charge in [0.25, 0.3) is 0 Å². The van der Waals surface area contributed by atoms with E-state index in [-0.39, 0.29) is 10.6 Å². The smallest absolute Gasteiger partial charge is 0.125 e. The van der Waals surface area contributed by atoms with Gasteiger partial charge >= 0.3 is 0 Å². The predicted octanol–water partition coefficient (Wildman–Crippen LogP) is 5.91. The lowest BCUT2D eigenvalue weighted by Gasteiger charge is -2.26.